The van der Waals surface area contributed by atoms with Crippen molar-refractivity contribution in [2.24, 2.45) is 0 Å². The second kappa shape index (κ2) is 4.83. The van der Waals surface area contributed by atoms with Crippen LogP contribution in [0.3, 0.4) is 0 Å². The molecule has 0 saturated heterocycles. The molecule has 15 heavy (non-hydrogen) atoms. The van der Waals surface area contributed by atoms with E-state index in [1.54, 1.807) is 36.9 Å². The predicted molar refractivity (Wildman–Crippen MR) is 63.6 cm³/mol. The normalized spacial score (nSPS) is 10.8. The lowest BCUT2D eigenvalue weighted by Crippen LogP contribution is -2.03. The number of fused-ring (bicyclic) bond motifs is 1. The van der Waals surface area contributed by atoms with Gasteiger partial charge < -0.3 is 14.2 Å². The molecule has 0 saturated carbocycles. The van der Waals surface area contributed by atoms with Crippen LogP contribution < -0.4 is 9.47 Å². The Hall–Kier alpha value is -0.780. The highest BCUT2D eigenvalue weighted by Gasteiger charge is 2.11. The molecule has 2 rings (SSSR count). The zero-order valence-corrected chi connectivity index (χ0v) is 10.2. The van der Waals surface area contributed by atoms with Crippen molar-refractivity contribution in [1.82, 2.24) is 0 Å². The van der Waals surface area contributed by atoms with E-state index in [1.807, 2.05) is 10.8 Å². The maximum absolute atomic E-state index is 5.60. The van der Waals surface area contributed by atoms with Gasteiger partial charge in [-0.1, -0.05) is 0 Å². The molecule has 5 heteroatoms. The molecule has 0 aliphatic heterocycles. The number of hydrogen-bond acceptors (Lipinski definition) is 5. The summed E-state index contributed by atoms with van der Waals surface area (Å²) in [6, 6.07) is 0. The lowest BCUT2D eigenvalue weighted by Gasteiger charge is -2.01. The highest BCUT2D eigenvalue weighted by atomic mass is 32.1. The minimum absolute atomic E-state index is 0.586. The van der Waals surface area contributed by atoms with Crippen LogP contribution in [0.25, 0.3) is 9.40 Å². The van der Waals surface area contributed by atoms with E-state index in [2.05, 4.69) is 0 Å². The summed E-state index contributed by atoms with van der Waals surface area (Å²) in [5.74, 6) is 1.86. The fourth-order valence-electron chi connectivity index (χ4n) is 1.25. The second-order valence-corrected chi connectivity index (χ2v) is 4.66. The van der Waals surface area contributed by atoms with Gasteiger partial charge in [0.2, 0.25) is 0 Å². The summed E-state index contributed by atoms with van der Waals surface area (Å²) in [4.78, 5) is 0. The van der Waals surface area contributed by atoms with Crippen LogP contribution in [0.5, 0.6) is 11.5 Å². The first kappa shape index (κ1) is 10.7. The number of methoxy groups -OCH3 is 2. The monoisotopic (exact) mass is 244 g/mol. The molecule has 2 heterocycles. The Kier molecular flexibility index (Phi) is 3.45. The topological polar surface area (TPSA) is 27.7 Å². The number of thiophene rings is 2. The van der Waals surface area contributed by atoms with E-state index < -0.39 is 0 Å². The zero-order chi connectivity index (χ0) is 10.7. The molecule has 2 aromatic heterocycles. The lowest BCUT2D eigenvalue weighted by atomic mass is 10.5. The molecule has 0 aromatic carbocycles. The molecular formula is C10H12O3S2. The predicted octanol–water partition coefficient (Wildman–Crippen LogP) is 3.00. The standard InChI is InChI=1S/C10H12O3S2/c1-11-3-4-13-8-6-15-9-7(12-2)5-14-10(8)9/h5-6H,3-4H2,1-2H3. The molecule has 0 atom stereocenters. The van der Waals surface area contributed by atoms with Gasteiger partial charge in [-0.15, -0.1) is 22.7 Å². The molecule has 0 fully saturated rings. The average molecular weight is 244 g/mol. The smallest absolute Gasteiger partial charge is 0.148 e. The zero-order valence-electron chi connectivity index (χ0n) is 8.61. The minimum atomic E-state index is 0.586. The third-order valence-corrected chi connectivity index (χ3v) is 4.06. The van der Waals surface area contributed by atoms with Crippen molar-refractivity contribution in [1.29, 1.82) is 0 Å². The molecule has 0 amide bonds. The van der Waals surface area contributed by atoms with Gasteiger partial charge in [-0.25, -0.2) is 0 Å². The fourth-order valence-corrected chi connectivity index (χ4v) is 3.45. The van der Waals surface area contributed by atoms with Gasteiger partial charge in [0.1, 0.15) is 18.1 Å². The number of rotatable bonds is 5. The molecule has 0 N–H and O–H groups in total. The summed E-state index contributed by atoms with van der Waals surface area (Å²) in [6.07, 6.45) is 0. The fraction of sp³-hybridized carbons (Fsp3) is 0.400. The Bertz CT molecular complexity index is 433. The van der Waals surface area contributed by atoms with E-state index in [1.165, 1.54) is 0 Å². The Morgan fingerprint density at radius 3 is 2.33 bits per heavy atom. The summed E-state index contributed by atoms with van der Waals surface area (Å²) in [5, 5.41) is 4.02. The molecule has 0 aliphatic carbocycles. The van der Waals surface area contributed by atoms with Crippen molar-refractivity contribution in [3.63, 3.8) is 0 Å². The number of hydrogen-bond donors (Lipinski definition) is 0. The quantitative estimate of drug-likeness (QED) is 0.757. The van der Waals surface area contributed by atoms with Crippen LogP contribution >= 0.6 is 22.7 Å². The van der Waals surface area contributed by atoms with Gasteiger partial charge in [0, 0.05) is 17.9 Å². The van der Waals surface area contributed by atoms with E-state index in [-0.39, 0.29) is 0 Å². The maximum atomic E-state index is 5.60. The largest absolute Gasteiger partial charge is 0.494 e. The second-order valence-electron chi connectivity index (χ2n) is 2.90. The first-order valence-electron chi connectivity index (χ1n) is 4.51. The Morgan fingerprint density at radius 2 is 1.67 bits per heavy atom. The SMILES string of the molecule is COCCOc1csc2c(OC)csc12. The van der Waals surface area contributed by atoms with Gasteiger partial charge in [-0.2, -0.15) is 0 Å². The summed E-state index contributed by atoms with van der Waals surface area (Å²) >= 11 is 3.30. The Balaban J connectivity index is 2.18. The minimum Gasteiger partial charge on any atom is -0.494 e. The van der Waals surface area contributed by atoms with Gasteiger partial charge >= 0.3 is 0 Å². The van der Waals surface area contributed by atoms with Gasteiger partial charge in [0.15, 0.2) is 0 Å². The average Bonchev–Trinajstić information content (AvgIpc) is 2.80. The number of ether oxygens (including phenoxy) is 3. The van der Waals surface area contributed by atoms with E-state index >= 15 is 0 Å². The summed E-state index contributed by atoms with van der Waals surface area (Å²) in [7, 11) is 3.35. The summed E-state index contributed by atoms with van der Waals surface area (Å²) < 4.78 is 18.1. The third-order valence-electron chi connectivity index (χ3n) is 1.99. The molecule has 0 unspecified atom stereocenters. The van der Waals surface area contributed by atoms with Gasteiger partial charge in [0.25, 0.3) is 0 Å². The van der Waals surface area contributed by atoms with E-state index in [9.17, 15) is 0 Å². The van der Waals surface area contributed by atoms with Gasteiger partial charge in [0.05, 0.1) is 23.1 Å². The van der Waals surface area contributed by atoms with E-state index in [0.29, 0.717) is 13.2 Å². The summed E-state index contributed by atoms with van der Waals surface area (Å²) in [6.45, 7) is 1.20. The molecule has 0 radical (unpaired) electrons. The van der Waals surface area contributed by atoms with E-state index in [0.717, 1.165) is 20.9 Å². The molecule has 3 nitrogen and oxygen atoms in total. The van der Waals surface area contributed by atoms with Crippen LogP contribution in [-0.4, -0.2) is 27.4 Å². The molecule has 82 valence electrons. The Labute approximate surface area is 96.2 Å². The Morgan fingerprint density at radius 1 is 1.00 bits per heavy atom. The molecule has 0 spiro atoms. The van der Waals surface area contributed by atoms with Crippen molar-refractivity contribution in [3.8, 4) is 11.5 Å². The lowest BCUT2D eigenvalue weighted by molar-refractivity contribution is 0.147. The van der Waals surface area contributed by atoms with Crippen molar-refractivity contribution in [2.75, 3.05) is 27.4 Å². The van der Waals surface area contributed by atoms with Crippen molar-refractivity contribution >= 4 is 32.1 Å². The van der Waals surface area contributed by atoms with Crippen LogP contribution in [0.1, 0.15) is 0 Å². The van der Waals surface area contributed by atoms with E-state index in [4.69, 9.17) is 14.2 Å². The highest BCUT2D eigenvalue weighted by Crippen LogP contribution is 2.43. The molecular weight excluding hydrogens is 232 g/mol. The van der Waals surface area contributed by atoms with Crippen molar-refractivity contribution in [3.05, 3.63) is 10.8 Å². The van der Waals surface area contributed by atoms with Crippen molar-refractivity contribution in [2.45, 2.75) is 0 Å². The molecule has 0 aliphatic rings. The van der Waals surface area contributed by atoms with Crippen LogP contribution in [0.2, 0.25) is 0 Å². The molecule has 2 aromatic rings. The first-order chi connectivity index (χ1) is 7.36. The first-order valence-corrected chi connectivity index (χ1v) is 6.27. The van der Waals surface area contributed by atoms with Crippen LogP contribution in [-0.2, 0) is 4.74 Å². The van der Waals surface area contributed by atoms with Crippen molar-refractivity contribution < 1.29 is 14.2 Å². The van der Waals surface area contributed by atoms with Gasteiger partial charge in [-0.3, -0.25) is 0 Å². The molecule has 0 bridgehead atoms. The third kappa shape index (κ3) is 2.09. The van der Waals surface area contributed by atoms with Crippen LogP contribution in [0.4, 0.5) is 0 Å². The van der Waals surface area contributed by atoms with Gasteiger partial charge in [-0.05, 0) is 0 Å². The van der Waals surface area contributed by atoms with Crippen LogP contribution in [0, 0.1) is 0 Å². The summed E-state index contributed by atoms with van der Waals surface area (Å²) in [5.41, 5.74) is 0. The van der Waals surface area contributed by atoms with Crippen LogP contribution in [0.15, 0.2) is 10.8 Å². The maximum Gasteiger partial charge on any atom is 0.148 e. The highest BCUT2D eigenvalue weighted by molar-refractivity contribution is 7.27.